The molecule has 0 aromatic heterocycles. The molecule has 4 N–H and O–H groups in total. The van der Waals surface area contributed by atoms with Crippen molar-refractivity contribution in [2.24, 2.45) is 0 Å². The van der Waals surface area contributed by atoms with Crippen molar-refractivity contribution in [3.05, 3.63) is 0 Å². The molecule has 0 spiro atoms. The van der Waals surface area contributed by atoms with Crippen LogP contribution in [0.4, 0.5) is 0 Å². The maximum Gasteiger partial charge on any atom is 0.327 e. The monoisotopic (exact) mass is 293 g/mol. The highest BCUT2D eigenvalue weighted by Gasteiger charge is 2.25. The molecule has 0 saturated carbocycles. The lowest BCUT2D eigenvalue weighted by Crippen LogP contribution is -2.54. The summed E-state index contributed by atoms with van der Waals surface area (Å²) in [5.41, 5.74) is 0. The molecule has 19 heavy (non-hydrogen) atoms. The lowest BCUT2D eigenvalue weighted by Gasteiger charge is -2.19. The van der Waals surface area contributed by atoms with E-state index in [2.05, 4.69) is 23.3 Å². The molecular weight excluding hydrogens is 274 g/mol. The van der Waals surface area contributed by atoms with Gasteiger partial charge in [0.15, 0.2) is 0 Å². The Morgan fingerprint density at radius 3 is 2.16 bits per heavy atom. The molecule has 0 aliphatic carbocycles. The average molecular weight is 293 g/mol. The Kier molecular flexibility index (Phi) is 8.12. The van der Waals surface area contributed by atoms with E-state index in [1.807, 2.05) is 0 Å². The second-order valence-corrected chi connectivity index (χ2v) is 4.49. The van der Waals surface area contributed by atoms with Crippen molar-refractivity contribution in [2.75, 3.05) is 33.0 Å². The number of thiol groups is 1. The summed E-state index contributed by atoms with van der Waals surface area (Å²) in [5.74, 6) is -2.54. The lowest BCUT2D eigenvalue weighted by molar-refractivity contribution is -0.141. The Balaban J connectivity index is 4.47. The van der Waals surface area contributed by atoms with Crippen LogP contribution in [0.1, 0.15) is 0 Å². The number of carbonyl (C=O) groups excluding carboxylic acids is 2. The van der Waals surface area contributed by atoms with Crippen molar-refractivity contribution >= 4 is 30.4 Å². The minimum Gasteiger partial charge on any atom is -0.480 e. The van der Waals surface area contributed by atoms with Crippen LogP contribution in [0.5, 0.6) is 0 Å². The van der Waals surface area contributed by atoms with Crippen LogP contribution < -0.4 is 10.6 Å². The number of aliphatic hydroxyl groups excluding tert-OH is 1. The molecule has 0 aliphatic heterocycles. The zero-order chi connectivity index (χ0) is 15.0. The van der Waals surface area contributed by atoms with Crippen LogP contribution >= 0.6 is 12.6 Å². The molecule has 0 heterocycles. The summed E-state index contributed by atoms with van der Waals surface area (Å²) in [6.07, 6.45) is 0. The van der Waals surface area contributed by atoms with Gasteiger partial charge in [0.05, 0.1) is 13.2 Å². The van der Waals surface area contributed by atoms with Crippen LogP contribution in [0, 0.1) is 0 Å². The van der Waals surface area contributed by atoms with Crippen LogP contribution in [0.15, 0.2) is 0 Å². The van der Waals surface area contributed by atoms with E-state index in [0.717, 1.165) is 0 Å². The van der Waals surface area contributed by atoms with E-state index >= 15 is 0 Å². The quantitative estimate of drug-likeness (QED) is 0.316. The molecule has 8 nitrogen and oxygen atoms in total. The van der Waals surface area contributed by atoms with Gasteiger partial charge in [-0.3, -0.25) is 9.59 Å². The first kappa shape index (κ1) is 17.7. The first-order valence-corrected chi connectivity index (χ1v) is 6.14. The molecule has 2 atom stereocenters. The maximum absolute atomic E-state index is 11.7. The topological polar surface area (TPSA) is 119 Å². The van der Waals surface area contributed by atoms with Gasteiger partial charge in [0, 0.05) is 5.75 Å². The molecule has 0 saturated heterocycles. The first-order chi connectivity index (χ1) is 8.81. The predicted molar refractivity (Wildman–Crippen MR) is 71.0 cm³/mol. The van der Waals surface area contributed by atoms with Crippen molar-refractivity contribution < 1.29 is 24.6 Å². The molecule has 0 aromatic carbocycles. The smallest absolute Gasteiger partial charge is 0.327 e. The van der Waals surface area contributed by atoms with Gasteiger partial charge in [-0.1, -0.05) is 0 Å². The van der Waals surface area contributed by atoms with E-state index in [-0.39, 0.29) is 12.3 Å². The van der Waals surface area contributed by atoms with Gasteiger partial charge >= 0.3 is 5.97 Å². The number of carboxylic acids is 1. The van der Waals surface area contributed by atoms with Crippen LogP contribution in [-0.4, -0.2) is 78.0 Å². The summed E-state index contributed by atoms with van der Waals surface area (Å²) in [5, 5.41) is 22.3. The van der Waals surface area contributed by atoms with Crippen LogP contribution in [0.2, 0.25) is 0 Å². The average Bonchev–Trinajstić information content (AvgIpc) is 2.31. The summed E-state index contributed by atoms with van der Waals surface area (Å²) in [7, 11) is 3.35. The summed E-state index contributed by atoms with van der Waals surface area (Å²) in [4.78, 5) is 35.4. The van der Waals surface area contributed by atoms with Gasteiger partial charge in [-0.25, -0.2) is 4.79 Å². The summed E-state index contributed by atoms with van der Waals surface area (Å²) < 4.78 is 0. The number of hydrogen-bond donors (Lipinski definition) is 5. The Bertz CT molecular complexity index is 337. The highest BCUT2D eigenvalue weighted by Crippen LogP contribution is 1.92. The maximum atomic E-state index is 11.7. The first-order valence-electron chi connectivity index (χ1n) is 5.50. The van der Waals surface area contributed by atoms with Gasteiger partial charge in [-0.2, -0.15) is 12.6 Å². The zero-order valence-electron chi connectivity index (χ0n) is 10.8. The number of carboxylic acid groups (broad SMARTS) is 1. The molecule has 9 heteroatoms. The Morgan fingerprint density at radius 1 is 1.21 bits per heavy atom. The zero-order valence-corrected chi connectivity index (χ0v) is 11.7. The number of aliphatic carboxylic acids is 1. The third-order valence-corrected chi connectivity index (χ3v) is 2.46. The normalized spacial score (nSPS) is 13.7. The fourth-order valence-corrected chi connectivity index (χ4v) is 1.43. The summed E-state index contributed by atoms with van der Waals surface area (Å²) >= 11 is 3.79. The minimum atomic E-state index is -1.24. The third-order valence-electron chi connectivity index (χ3n) is 2.09. The molecule has 0 aliphatic rings. The highest BCUT2D eigenvalue weighted by molar-refractivity contribution is 7.80. The molecule has 2 amide bonds. The number of nitrogens with zero attached hydrogens (tertiary/aromatic N) is 1. The molecule has 0 rings (SSSR count). The van der Waals surface area contributed by atoms with E-state index in [9.17, 15) is 14.4 Å². The molecule has 0 bridgehead atoms. The molecule has 0 aromatic rings. The SMILES string of the molecule is CN(C)CC(=O)N[C@@H](CO)C(=O)N[C@@H](CS)C(=O)O. The van der Waals surface area contributed by atoms with E-state index in [1.54, 1.807) is 19.0 Å². The van der Waals surface area contributed by atoms with E-state index in [4.69, 9.17) is 10.2 Å². The number of carbonyl (C=O) groups is 3. The van der Waals surface area contributed by atoms with Crippen LogP contribution in [0.25, 0.3) is 0 Å². The van der Waals surface area contributed by atoms with Crippen molar-refractivity contribution in [1.29, 1.82) is 0 Å². The van der Waals surface area contributed by atoms with Gasteiger partial charge in [0.25, 0.3) is 0 Å². The molecular formula is C10H19N3O5S. The standard InChI is InChI=1S/C10H19N3O5S/c1-13(2)3-8(15)11-6(4-14)9(16)12-7(5-19)10(17)18/h6-7,14,19H,3-5H2,1-2H3,(H,11,15)(H,12,16)(H,17,18)/t6-,7-/m0/s1. The predicted octanol–water partition coefficient (Wildman–Crippen LogP) is -2.48. The third kappa shape index (κ3) is 6.99. The number of aliphatic hydroxyl groups is 1. The van der Waals surface area contributed by atoms with Gasteiger partial charge in [0.2, 0.25) is 11.8 Å². The van der Waals surface area contributed by atoms with Gasteiger partial charge < -0.3 is 25.7 Å². The Morgan fingerprint density at radius 2 is 1.79 bits per heavy atom. The summed E-state index contributed by atoms with van der Waals surface area (Å²) in [6.45, 7) is -0.567. The highest BCUT2D eigenvalue weighted by atomic mass is 32.1. The van der Waals surface area contributed by atoms with Crippen molar-refractivity contribution in [2.45, 2.75) is 12.1 Å². The van der Waals surface area contributed by atoms with Gasteiger partial charge in [-0.05, 0) is 14.1 Å². The number of likely N-dealkylation sites (N-methyl/N-ethyl adjacent to an activating group) is 1. The van der Waals surface area contributed by atoms with Crippen LogP contribution in [-0.2, 0) is 14.4 Å². The van der Waals surface area contributed by atoms with E-state index in [0.29, 0.717) is 0 Å². The Labute approximate surface area is 116 Å². The van der Waals surface area contributed by atoms with Gasteiger partial charge in [0.1, 0.15) is 12.1 Å². The van der Waals surface area contributed by atoms with Gasteiger partial charge in [-0.15, -0.1) is 0 Å². The van der Waals surface area contributed by atoms with Crippen molar-refractivity contribution in [1.82, 2.24) is 15.5 Å². The number of rotatable bonds is 8. The fourth-order valence-electron chi connectivity index (χ4n) is 1.18. The van der Waals surface area contributed by atoms with E-state index in [1.165, 1.54) is 0 Å². The molecule has 0 fully saturated rings. The summed E-state index contributed by atoms with van der Waals surface area (Å²) in [6, 6.07) is -2.36. The molecule has 0 radical (unpaired) electrons. The Hall–Kier alpha value is -1.32. The van der Waals surface area contributed by atoms with Crippen LogP contribution in [0.3, 0.4) is 0 Å². The number of amides is 2. The lowest BCUT2D eigenvalue weighted by atomic mass is 10.2. The fraction of sp³-hybridized carbons (Fsp3) is 0.700. The molecule has 110 valence electrons. The second-order valence-electron chi connectivity index (χ2n) is 4.12. The number of hydrogen-bond acceptors (Lipinski definition) is 6. The van der Waals surface area contributed by atoms with Crippen molar-refractivity contribution in [3.63, 3.8) is 0 Å². The number of nitrogens with one attached hydrogen (secondary N) is 2. The van der Waals surface area contributed by atoms with Crippen molar-refractivity contribution in [3.8, 4) is 0 Å². The largest absolute Gasteiger partial charge is 0.480 e. The minimum absolute atomic E-state index is 0.0543. The molecule has 0 unspecified atom stereocenters. The second kappa shape index (κ2) is 8.73. The van der Waals surface area contributed by atoms with E-state index < -0.39 is 36.5 Å².